The topological polar surface area (TPSA) is 79.4 Å². The molecule has 2 aromatic rings. The molecule has 0 unspecified atom stereocenters. The fraction of sp³-hybridized carbons (Fsp3) is 0.294. The van der Waals surface area contributed by atoms with Gasteiger partial charge in [0.05, 0.1) is 10.5 Å². The molecule has 8 heteroatoms. The van der Waals surface area contributed by atoms with Gasteiger partial charge in [-0.25, -0.2) is 17.8 Å². The summed E-state index contributed by atoms with van der Waals surface area (Å²) in [6.07, 6.45) is 0. The zero-order valence-corrected chi connectivity index (χ0v) is 15.3. The minimum absolute atomic E-state index is 0.146. The summed E-state index contributed by atoms with van der Waals surface area (Å²) in [5.74, 6) is -1.31. The standard InChI is InChI=1S/C17H20FN3O3S/c1-11(2)21(4)25(23,24)13-8-9-15(18)14(10-13)17(22)20-16-7-5-6-12(3)19-16/h5-11H,1-4H3,(H,19,20,22). The SMILES string of the molecule is Cc1cccc(NC(=O)c2cc(S(=O)(=O)N(C)C(C)C)ccc2F)n1. The number of amides is 1. The lowest BCUT2D eigenvalue weighted by Gasteiger charge is -2.21. The molecule has 2 rings (SSSR count). The van der Waals surface area contributed by atoms with Gasteiger partial charge in [-0.3, -0.25) is 4.79 Å². The molecule has 0 atom stereocenters. The van der Waals surface area contributed by atoms with E-state index in [2.05, 4.69) is 10.3 Å². The zero-order valence-electron chi connectivity index (χ0n) is 14.4. The lowest BCUT2D eigenvalue weighted by molar-refractivity contribution is 0.102. The summed E-state index contributed by atoms with van der Waals surface area (Å²) < 4.78 is 40.3. The molecule has 0 saturated carbocycles. The maximum Gasteiger partial charge on any atom is 0.259 e. The molecule has 6 nitrogen and oxygen atoms in total. The summed E-state index contributed by atoms with van der Waals surface area (Å²) >= 11 is 0. The quantitative estimate of drug-likeness (QED) is 0.884. The van der Waals surface area contributed by atoms with E-state index >= 15 is 0 Å². The Balaban J connectivity index is 2.37. The van der Waals surface area contributed by atoms with E-state index in [4.69, 9.17) is 0 Å². The molecule has 0 saturated heterocycles. The second kappa shape index (κ2) is 7.28. The van der Waals surface area contributed by atoms with Gasteiger partial charge in [0.25, 0.3) is 5.91 Å². The monoisotopic (exact) mass is 365 g/mol. The predicted molar refractivity (Wildman–Crippen MR) is 93.4 cm³/mol. The average molecular weight is 365 g/mol. The van der Waals surface area contributed by atoms with Crippen molar-refractivity contribution in [1.29, 1.82) is 0 Å². The Bertz CT molecular complexity index is 898. The normalized spacial score (nSPS) is 11.8. The summed E-state index contributed by atoms with van der Waals surface area (Å²) in [5, 5.41) is 2.47. The molecule has 0 bridgehead atoms. The third kappa shape index (κ3) is 4.21. The number of hydrogen-bond acceptors (Lipinski definition) is 4. The molecule has 0 aliphatic rings. The Morgan fingerprint density at radius 2 is 1.92 bits per heavy atom. The first-order valence-corrected chi connectivity index (χ1v) is 9.09. The van der Waals surface area contributed by atoms with Crippen LogP contribution in [-0.2, 0) is 10.0 Å². The van der Waals surface area contributed by atoms with Gasteiger partial charge in [-0.1, -0.05) is 6.07 Å². The molecule has 1 N–H and O–H groups in total. The number of aromatic nitrogens is 1. The third-order valence-electron chi connectivity index (χ3n) is 3.72. The fourth-order valence-corrected chi connectivity index (χ4v) is 3.47. The number of pyridine rings is 1. The van der Waals surface area contributed by atoms with Crippen LogP contribution in [0.3, 0.4) is 0 Å². The highest BCUT2D eigenvalue weighted by Crippen LogP contribution is 2.20. The Kier molecular flexibility index (Phi) is 5.54. The Labute approximate surface area is 146 Å². The molecule has 0 fully saturated rings. The first-order chi connectivity index (χ1) is 11.6. The van der Waals surface area contributed by atoms with Gasteiger partial charge in [0.2, 0.25) is 10.0 Å². The molecule has 0 aliphatic carbocycles. The second-order valence-corrected chi connectivity index (χ2v) is 7.87. The van der Waals surface area contributed by atoms with Gasteiger partial charge in [-0.05, 0) is 51.1 Å². The third-order valence-corrected chi connectivity index (χ3v) is 5.75. The number of halogens is 1. The van der Waals surface area contributed by atoms with Gasteiger partial charge in [0.1, 0.15) is 11.6 Å². The number of aryl methyl sites for hydroxylation is 1. The van der Waals surface area contributed by atoms with Crippen LogP contribution in [0.15, 0.2) is 41.3 Å². The van der Waals surface area contributed by atoms with E-state index < -0.39 is 21.7 Å². The first kappa shape index (κ1) is 19.0. The maximum atomic E-state index is 14.1. The van der Waals surface area contributed by atoms with Crippen LogP contribution in [0.25, 0.3) is 0 Å². The molecule has 1 aromatic carbocycles. The van der Waals surface area contributed by atoms with Crippen molar-refractivity contribution in [3.05, 3.63) is 53.5 Å². The van der Waals surface area contributed by atoms with Crippen molar-refractivity contribution in [2.75, 3.05) is 12.4 Å². The number of carbonyl (C=O) groups is 1. The molecule has 1 heterocycles. The average Bonchev–Trinajstić information content (AvgIpc) is 2.54. The molecule has 25 heavy (non-hydrogen) atoms. The van der Waals surface area contributed by atoms with E-state index in [1.807, 2.05) is 0 Å². The number of sulfonamides is 1. The lowest BCUT2D eigenvalue weighted by atomic mass is 10.2. The predicted octanol–water partition coefficient (Wildman–Crippen LogP) is 2.81. The Morgan fingerprint density at radius 1 is 1.24 bits per heavy atom. The van der Waals surface area contributed by atoms with Crippen molar-refractivity contribution in [2.24, 2.45) is 0 Å². The summed E-state index contributed by atoms with van der Waals surface area (Å²) in [4.78, 5) is 16.3. The summed E-state index contributed by atoms with van der Waals surface area (Å²) in [5.41, 5.74) is 0.328. The van der Waals surface area contributed by atoms with Gasteiger partial charge in [0.15, 0.2) is 0 Å². The lowest BCUT2D eigenvalue weighted by Crippen LogP contribution is -2.33. The van der Waals surface area contributed by atoms with Crippen LogP contribution in [0, 0.1) is 12.7 Å². The van der Waals surface area contributed by atoms with Crippen LogP contribution < -0.4 is 5.32 Å². The van der Waals surface area contributed by atoms with Gasteiger partial charge in [-0.2, -0.15) is 4.31 Å². The van der Waals surface area contributed by atoms with Crippen molar-refractivity contribution in [3.63, 3.8) is 0 Å². The molecular weight excluding hydrogens is 345 g/mol. The number of carbonyl (C=O) groups excluding carboxylic acids is 1. The molecule has 0 radical (unpaired) electrons. The number of rotatable bonds is 5. The van der Waals surface area contributed by atoms with Gasteiger partial charge in [-0.15, -0.1) is 0 Å². The number of hydrogen-bond donors (Lipinski definition) is 1. The summed E-state index contributed by atoms with van der Waals surface area (Å²) in [6, 6.07) is 7.90. The molecule has 0 aliphatic heterocycles. The number of nitrogens with one attached hydrogen (secondary N) is 1. The molecule has 1 amide bonds. The highest BCUT2D eigenvalue weighted by molar-refractivity contribution is 7.89. The van der Waals surface area contributed by atoms with Crippen molar-refractivity contribution < 1.29 is 17.6 Å². The number of anilines is 1. The Hall–Kier alpha value is -2.32. The highest BCUT2D eigenvalue weighted by Gasteiger charge is 2.25. The Morgan fingerprint density at radius 3 is 2.52 bits per heavy atom. The van der Waals surface area contributed by atoms with Crippen LogP contribution in [-0.4, -0.2) is 36.7 Å². The van der Waals surface area contributed by atoms with Crippen LogP contribution in [0.1, 0.15) is 29.9 Å². The van der Waals surface area contributed by atoms with Crippen LogP contribution >= 0.6 is 0 Å². The molecule has 0 spiro atoms. The fourth-order valence-electron chi connectivity index (χ4n) is 2.08. The van der Waals surface area contributed by atoms with Crippen molar-refractivity contribution >= 4 is 21.7 Å². The smallest absolute Gasteiger partial charge is 0.259 e. The van der Waals surface area contributed by atoms with Crippen molar-refractivity contribution in [1.82, 2.24) is 9.29 Å². The molecule has 134 valence electrons. The minimum atomic E-state index is -3.82. The van der Waals surface area contributed by atoms with E-state index in [9.17, 15) is 17.6 Å². The summed E-state index contributed by atoms with van der Waals surface area (Å²) in [7, 11) is -2.39. The van der Waals surface area contributed by atoms with E-state index in [0.717, 1.165) is 22.5 Å². The van der Waals surface area contributed by atoms with Crippen LogP contribution in [0.4, 0.5) is 10.2 Å². The number of benzene rings is 1. The van der Waals surface area contributed by atoms with Gasteiger partial charge >= 0.3 is 0 Å². The second-order valence-electron chi connectivity index (χ2n) is 5.87. The van der Waals surface area contributed by atoms with Crippen molar-refractivity contribution in [3.8, 4) is 0 Å². The van der Waals surface area contributed by atoms with E-state index in [-0.39, 0.29) is 22.3 Å². The van der Waals surface area contributed by atoms with Crippen molar-refractivity contribution in [2.45, 2.75) is 31.7 Å². The minimum Gasteiger partial charge on any atom is -0.306 e. The molecule has 1 aromatic heterocycles. The van der Waals surface area contributed by atoms with Crippen LogP contribution in [0.5, 0.6) is 0 Å². The van der Waals surface area contributed by atoms with E-state index in [0.29, 0.717) is 5.69 Å². The maximum absolute atomic E-state index is 14.1. The highest BCUT2D eigenvalue weighted by atomic mass is 32.2. The van der Waals surface area contributed by atoms with Crippen LogP contribution in [0.2, 0.25) is 0 Å². The van der Waals surface area contributed by atoms with E-state index in [1.165, 1.54) is 7.05 Å². The first-order valence-electron chi connectivity index (χ1n) is 7.65. The largest absolute Gasteiger partial charge is 0.306 e. The van der Waals surface area contributed by atoms with E-state index in [1.54, 1.807) is 39.0 Å². The number of nitrogens with zero attached hydrogens (tertiary/aromatic N) is 2. The molecular formula is C17H20FN3O3S. The van der Waals surface area contributed by atoms with Gasteiger partial charge < -0.3 is 5.32 Å². The van der Waals surface area contributed by atoms with Gasteiger partial charge in [0, 0.05) is 18.8 Å². The summed E-state index contributed by atoms with van der Waals surface area (Å²) in [6.45, 7) is 5.20. The zero-order chi connectivity index (χ0) is 18.8.